The first-order chi connectivity index (χ1) is 12.9. The Hall–Kier alpha value is -2.09. The predicted octanol–water partition coefficient (Wildman–Crippen LogP) is 2.94. The Balaban J connectivity index is 1.94. The quantitative estimate of drug-likeness (QED) is 0.668. The molecule has 0 saturated carbocycles. The molecule has 0 bridgehead atoms. The fourth-order valence-electron chi connectivity index (χ4n) is 3.05. The molecule has 7 nitrogen and oxygen atoms in total. The smallest absolute Gasteiger partial charge is 0.407 e. The highest BCUT2D eigenvalue weighted by atomic mass is 32.1. The minimum Gasteiger partial charge on any atom is -0.450 e. The maximum Gasteiger partial charge on any atom is 0.407 e. The summed E-state index contributed by atoms with van der Waals surface area (Å²) in [5.41, 5.74) is 6.12. The fourth-order valence-corrected chi connectivity index (χ4v) is 4.20. The number of ether oxygens (including phenoxy) is 1. The molecule has 8 heteroatoms. The number of carbonyl (C=O) groups is 3. The molecule has 1 aliphatic carbocycles. The molecule has 3 amide bonds. The summed E-state index contributed by atoms with van der Waals surface area (Å²) in [5, 5.41) is 2.51. The van der Waals surface area contributed by atoms with Crippen LogP contribution in [0.25, 0.3) is 0 Å². The lowest BCUT2D eigenvalue weighted by Crippen LogP contribution is -2.54. The summed E-state index contributed by atoms with van der Waals surface area (Å²) in [6.45, 7) is 5.52. The van der Waals surface area contributed by atoms with E-state index in [-0.39, 0.29) is 18.4 Å². The SMILES string of the molecule is CCOC(=O)NC(C(=O)NNC(=O)c1cc2c(s1)CCCCCC2)C(C)C. The van der Waals surface area contributed by atoms with Gasteiger partial charge >= 0.3 is 6.09 Å². The monoisotopic (exact) mass is 395 g/mol. The fraction of sp³-hybridized carbons (Fsp3) is 0.632. The Morgan fingerprint density at radius 1 is 1.11 bits per heavy atom. The van der Waals surface area contributed by atoms with Gasteiger partial charge in [-0.3, -0.25) is 20.4 Å². The van der Waals surface area contributed by atoms with Crippen molar-refractivity contribution in [3.8, 4) is 0 Å². The Kier molecular flexibility index (Phi) is 8.09. The molecular weight excluding hydrogens is 366 g/mol. The second kappa shape index (κ2) is 10.3. The van der Waals surface area contributed by atoms with E-state index in [4.69, 9.17) is 4.74 Å². The molecule has 1 atom stereocenters. The van der Waals surface area contributed by atoms with Crippen LogP contribution in [0.15, 0.2) is 6.07 Å². The standard InChI is InChI=1S/C19H29N3O4S/c1-4-26-19(25)20-16(12(2)3)18(24)22-21-17(23)15-11-13-9-7-5-6-8-10-14(13)27-15/h11-12,16H,4-10H2,1-3H3,(H,20,25)(H,21,23)(H,22,24). The maximum absolute atomic E-state index is 12.4. The lowest BCUT2D eigenvalue weighted by molar-refractivity contribution is -0.124. The summed E-state index contributed by atoms with van der Waals surface area (Å²) in [4.78, 5) is 38.2. The number of hydrazine groups is 1. The van der Waals surface area contributed by atoms with Crippen molar-refractivity contribution >= 4 is 29.2 Å². The van der Waals surface area contributed by atoms with Crippen molar-refractivity contribution in [2.24, 2.45) is 5.92 Å². The van der Waals surface area contributed by atoms with E-state index in [1.165, 1.54) is 34.6 Å². The third kappa shape index (κ3) is 6.23. The molecule has 1 aromatic rings. The molecule has 1 aliphatic rings. The van der Waals surface area contributed by atoms with Gasteiger partial charge in [-0.05, 0) is 50.2 Å². The molecule has 1 aromatic heterocycles. The van der Waals surface area contributed by atoms with Crippen molar-refractivity contribution in [2.75, 3.05) is 6.61 Å². The third-order valence-electron chi connectivity index (χ3n) is 4.52. The van der Waals surface area contributed by atoms with Gasteiger partial charge in [0.05, 0.1) is 11.5 Å². The highest BCUT2D eigenvalue weighted by Gasteiger charge is 2.25. The summed E-state index contributed by atoms with van der Waals surface area (Å²) >= 11 is 1.50. The normalized spacial score (nSPS) is 15.1. The van der Waals surface area contributed by atoms with E-state index >= 15 is 0 Å². The first-order valence-corrected chi connectivity index (χ1v) is 10.4. The maximum atomic E-state index is 12.4. The zero-order valence-corrected chi connectivity index (χ0v) is 17.0. The average Bonchev–Trinajstić information content (AvgIpc) is 2.99. The van der Waals surface area contributed by atoms with E-state index in [0.717, 1.165) is 25.7 Å². The van der Waals surface area contributed by atoms with E-state index in [2.05, 4.69) is 16.2 Å². The molecule has 1 unspecified atom stereocenters. The van der Waals surface area contributed by atoms with E-state index < -0.39 is 18.0 Å². The van der Waals surface area contributed by atoms with Crippen molar-refractivity contribution in [1.29, 1.82) is 0 Å². The zero-order chi connectivity index (χ0) is 19.8. The van der Waals surface area contributed by atoms with Gasteiger partial charge in [-0.2, -0.15) is 0 Å². The van der Waals surface area contributed by atoms with Gasteiger partial charge in [0.2, 0.25) is 0 Å². The van der Waals surface area contributed by atoms with Crippen LogP contribution in [0, 0.1) is 5.92 Å². The molecule has 27 heavy (non-hydrogen) atoms. The molecule has 0 spiro atoms. The number of fused-ring (bicyclic) bond motifs is 1. The van der Waals surface area contributed by atoms with E-state index in [1.807, 2.05) is 6.07 Å². The minimum absolute atomic E-state index is 0.159. The Labute approximate surface area is 164 Å². The van der Waals surface area contributed by atoms with E-state index in [9.17, 15) is 14.4 Å². The molecule has 1 heterocycles. The number of carbonyl (C=O) groups excluding carboxylic acids is 3. The van der Waals surface area contributed by atoms with E-state index in [0.29, 0.717) is 4.88 Å². The summed E-state index contributed by atoms with van der Waals surface area (Å²) in [6.07, 6.45) is 6.13. The molecule has 150 valence electrons. The summed E-state index contributed by atoms with van der Waals surface area (Å²) < 4.78 is 4.82. The van der Waals surface area contributed by atoms with Gasteiger partial charge in [0.25, 0.3) is 11.8 Å². The molecular formula is C19H29N3O4S. The van der Waals surface area contributed by atoms with Gasteiger partial charge < -0.3 is 10.1 Å². The summed E-state index contributed by atoms with van der Waals surface area (Å²) in [5.74, 6) is -0.979. The second-order valence-corrected chi connectivity index (χ2v) is 8.14. The van der Waals surface area contributed by atoms with Crippen LogP contribution in [0.2, 0.25) is 0 Å². The number of aryl methyl sites for hydroxylation is 2. The molecule has 0 radical (unpaired) electrons. The highest BCUT2D eigenvalue weighted by molar-refractivity contribution is 7.14. The zero-order valence-electron chi connectivity index (χ0n) is 16.2. The van der Waals surface area contributed by atoms with Crippen molar-refractivity contribution in [2.45, 2.75) is 65.3 Å². The van der Waals surface area contributed by atoms with Crippen LogP contribution < -0.4 is 16.2 Å². The van der Waals surface area contributed by atoms with Gasteiger partial charge in [-0.1, -0.05) is 26.7 Å². The third-order valence-corrected chi connectivity index (χ3v) is 5.75. The van der Waals surface area contributed by atoms with Crippen LogP contribution in [0.3, 0.4) is 0 Å². The molecule has 2 rings (SSSR count). The summed E-state index contributed by atoms with van der Waals surface area (Å²) in [6, 6.07) is 1.14. The van der Waals surface area contributed by atoms with Crippen molar-refractivity contribution < 1.29 is 19.1 Å². The Bertz CT molecular complexity index is 646. The van der Waals surface area contributed by atoms with Crippen LogP contribution >= 0.6 is 11.3 Å². The van der Waals surface area contributed by atoms with Crippen LogP contribution in [0.5, 0.6) is 0 Å². The Morgan fingerprint density at radius 2 is 1.81 bits per heavy atom. The average molecular weight is 396 g/mol. The number of hydrogen-bond acceptors (Lipinski definition) is 5. The number of amides is 3. The minimum atomic E-state index is -0.798. The van der Waals surface area contributed by atoms with Crippen LogP contribution in [-0.2, 0) is 22.4 Å². The number of hydrogen-bond donors (Lipinski definition) is 3. The number of thiophene rings is 1. The number of alkyl carbamates (subject to hydrolysis) is 1. The molecule has 3 N–H and O–H groups in total. The van der Waals surface area contributed by atoms with Gasteiger partial charge in [0.15, 0.2) is 0 Å². The van der Waals surface area contributed by atoms with Crippen molar-refractivity contribution in [3.05, 3.63) is 21.4 Å². The molecule has 0 saturated heterocycles. The molecule has 0 fully saturated rings. The molecule has 0 aliphatic heterocycles. The van der Waals surface area contributed by atoms with E-state index in [1.54, 1.807) is 20.8 Å². The van der Waals surface area contributed by atoms with Crippen LogP contribution in [0.4, 0.5) is 4.79 Å². The number of nitrogens with one attached hydrogen (secondary N) is 3. The second-order valence-electron chi connectivity index (χ2n) is 7.00. The highest BCUT2D eigenvalue weighted by Crippen LogP contribution is 2.28. The van der Waals surface area contributed by atoms with Gasteiger partial charge in [-0.15, -0.1) is 11.3 Å². The lowest BCUT2D eigenvalue weighted by atomic mass is 10.00. The van der Waals surface area contributed by atoms with Gasteiger partial charge in [0, 0.05) is 4.88 Å². The van der Waals surface area contributed by atoms with Gasteiger partial charge in [0.1, 0.15) is 6.04 Å². The summed E-state index contributed by atoms with van der Waals surface area (Å²) in [7, 11) is 0. The first-order valence-electron chi connectivity index (χ1n) is 9.57. The van der Waals surface area contributed by atoms with Crippen LogP contribution in [0.1, 0.15) is 66.6 Å². The lowest BCUT2D eigenvalue weighted by Gasteiger charge is -2.21. The van der Waals surface area contributed by atoms with Crippen molar-refractivity contribution in [3.63, 3.8) is 0 Å². The molecule has 0 aromatic carbocycles. The topological polar surface area (TPSA) is 96.5 Å². The van der Waals surface area contributed by atoms with Crippen molar-refractivity contribution in [1.82, 2.24) is 16.2 Å². The first kappa shape index (κ1) is 21.2. The Morgan fingerprint density at radius 3 is 2.48 bits per heavy atom. The van der Waals surface area contributed by atoms with Crippen LogP contribution in [-0.4, -0.2) is 30.6 Å². The number of rotatable bonds is 5. The van der Waals surface area contributed by atoms with Gasteiger partial charge in [-0.25, -0.2) is 4.79 Å². The largest absolute Gasteiger partial charge is 0.450 e. The predicted molar refractivity (Wildman–Crippen MR) is 105 cm³/mol.